The zero-order chi connectivity index (χ0) is 12.5. The molecule has 0 saturated carbocycles. The molecule has 6 nitrogen and oxygen atoms in total. The van der Waals surface area contributed by atoms with Gasteiger partial charge in [0.1, 0.15) is 4.90 Å². The first kappa shape index (κ1) is 15.4. The van der Waals surface area contributed by atoms with E-state index < -0.39 is 10.0 Å². The second kappa shape index (κ2) is 6.01. The predicted molar refractivity (Wildman–Crippen MR) is 71.2 cm³/mol. The quantitative estimate of drug-likeness (QED) is 0.856. The summed E-state index contributed by atoms with van der Waals surface area (Å²) in [6.07, 6.45) is 4.14. The van der Waals surface area contributed by atoms with E-state index in [1.807, 2.05) is 0 Å². The Kier molecular flexibility index (Phi) is 5.15. The highest BCUT2D eigenvalue weighted by Crippen LogP contribution is 2.25. The maximum Gasteiger partial charge on any atom is 0.246 e. The molecule has 1 aromatic rings. The molecule has 0 aromatic carbocycles. The van der Waals surface area contributed by atoms with Crippen LogP contribution in [0.5, 0.6) is 0 Å². The van der Waals surface area contributed by atoms with Crippen LogP contribution in [0.25, 0.3) is 0 Å². The smallest absolute Gasteiger partial charge is 0.246 e. The highest BCUT2D eigenvalue weighted by molar-refractivity contribution is 7.89. The number of nitrogens with zero attached hydrogens (tertiary/aromatic N) is 2. The molecular formula is C10H19ClN4O2S. The largest absolute Gasteiger partial charge is 0.329 e. The average Bonchev–Trinajstić information content (AvgIpc) is 2.76. The van der Waals surface area contributed by atoms with E-state index in [1.54, 1.807) is 6.92 Å². The topological polar surface area (TPSA) is 92.1 Å². The number of hydrogen-bond acceptors (Lipinski definition) is 4. The molecule has 2 heterocycles. The Morgan fingerprint density at radius 3 is 2.83 bits per heavy atom. The zero-order valence-electron chi connectivity index (χ0n) is 10.3. The Bertz CT molecular complexity index is 488. The number of nitrogens with one attached hydrogen (secondary N) is 1. The fourth-order valence-electron chi connectivity index (χ4n) is 2.25. The monoisotopic (exact) mass is 294 g/mol. The second-order valence-corrected chi connectivity index (χ2v) is 6.22. The fourth-order valence-corrected chi connectivity index (χ4v) is 4.08. The van der Waals surface area contributed by atoms with Crippen molar-refractivity contribution in [3.05, 3.63) is 11.9 Å². The first-order chi connectivity index (χ1) is 8.07. The molecule has 1 unspecified atom stereocenters. The number of nitrogens with two attached hydrogens (primary N) is 1. The van der Waals surface area contributed by atoms with Crippen molar-refractivity contribution in [3.8, 4) is 0 Å². The summed E-state index contributed by atoms with van der Waals surface area (Å²) in [5, 5.41) is 6.43. The van der Waals surface area contributed by atoms with E-state index in [9.17, 15) is 8.42 Å². The van der Waals surface area contributed by atoms with Crippen LogP contribution in [0.2, 0.25) is 0 Å². The minimum atomic E-state index is -3.45. The van der Waals surface area contributed by atoms with E-state index in [4.69, 9.17) is 5.73 Å². The summed E-state index contributed by atoms with van der Waals surface area (Å²) >= 11 is 0. The van der Waals surface area contributed by atoms with Gasteiger partial charge >= 0.3 is 0 Å². The number of aryl methyl sites for hydroxylation is 1. The molecule has 1 aliphatic rings. The van der Waals surface area contributed by atoms with E-state index in [1.165, 1.54) is 10.5 Å². The van der Waals surface area contributed by atoms with Gasteiger partial charge in [0.05, 0.1) is 11.9 Å². The number of hydrogen-bond donors (Lipinski definition) is 2. The van der Waals surface area contributed by atoms with Crippen LogP contribution in [0, 0.1) is 6.92 Å². The number of aromatic nitrogens is 2. The van der Waals surface area contributed by atoms with Gasteiger partial charge in [0.25, 0.3) is 0 Å². The van der Waals surface area contributed by atoms with E-state index in [0.29, 0.717) is 18.8 Å². The number of aromatic amines is 1. The molecule has 3 N–H and O–H groups in total. The summed E-state index contributed by atoms with van der Waals surface area (Å²) in [6.45, 7) is 2.63. The first-order valence-electron chi connectivity index (χ1n) is 5.79. The summed E-state index contributed by atoms with van der Waals surface area (Å²) in [7, 11) is -3.45. The predicted octanol–water partition coefficient (Wildman–Crippen LogP) is 0.642. The number of halogens is 1. The van der Waals surface area contributed by atoms with Gasteiger partial charge in [-0.15, -0.1) is 12.4 Å². The Balaban J connectivity index is 0.00000162. The van der Waals surface area contributed by atoms with Crippen molar-refractivity contribution in [2.45, 2.75) is 37.1 Å². The highest BCUT2D eigenvalue weighted by Gasteiger charge is 2.34. The van der Waals surface area contributed by atoms with Crippen LogP contribution in [-0.4, -0.2) is 42.1 Å². The Morgan fingerprint density at radius 2 is 2.28 bits per heavy atom. The van der Waals surface area contributed by atoms with Crippen LogP contribution < -0.4 is 5.73 Å². The van der Waals surface area contributed by atoms with Gasteiger partial charge in [-0.3, -0.25) is 5.10 Å². The van der Waals surface area contributed by atoms with Gasteiger partial charge in [0.2, 0.25) is 10.0 Å². The van der Waals surface area contributed by atoms with Gasteiger partial charge in [0, 0.05) is 19.1 Å². The van der Waals surface area contributed by atoms with Crippen LogP contribution in [0.3, 0.4) is 0 Å². The van der Waals surface area contributed by atoms with Crippen LogP contribution in [-0.2, 0) is 10.0 Å². The Hall–Kier alpha value is -0.630. The summed E-state index contributed by atoms with van der Waals surface area (Å²) in [4.78, 5) is 0.262. The van der Waals surface area contributed by atoms with Crippen molar-refractivity contribution in [1.29, 1.82) is 0 Å². The molecule has 1 fully saturated rings. The molecule has 0 spiro atoms. The third-order valence-electron chi connectivity index (χ3n) is 3.22. The van der Waals surface area contributed by atoms with Gasteiger partial charge in [-0.1, -0.05) is 6.42 Å². The molecule has 0 bridgehead atoms. The van der Waals surface area contributed by atoms with Crippen LogP contribution in [0.1, 0.15) is 25.0 Å². The van der Waals surface area contributed by atoms with E-state index in [-0.39, 0.29) is 23.3 Å². The molecule has 0 amide bonds. The van der Waals surface area contributed by atoms with Crippen LogP contribution in [0.15, 0.2) is 11.1 Å². The summed E-state index contributed by atoms with van der Waals surface area (Å²) in [5.74, 6) is 0. The molecule has 2 rings (SSSR count). The molecule has 0 aliphatic carbocycles. The van der Waals surface area contributed by atoms with Gasteiger partial charge in [0.15, 0.2) is 0 Å². The highest BCUT2D eigenvalue weighted by atomic mass is 35.5. The lowest BCUT2D eigenvalue weighted by atomic mass is 10.1. The molecule has 0 radical (unpaired) electrons. The molecular weight excluding hydrogens is 276 g/mol. The fraction of sp³-hybridized carbons (Fsp3) is 0.700. The third-order valence-corrected chi connectivity index (χ3v) is 5.28. The standard InChI is InChI=1S/C10H18N4O2S.ClH/c1-8-10(7-12-13-8)17(15,16)14-5-3-2-4-9(14)6-11;/h7,9H,2-6,11H2,1H3,(H,12,13);1H. The molecule has 1 saturated heterocycles. The van der Waals surface area contributed by atoms with Crippen molar-refractivity contribution < 1.29 is 8.42 Å². The van der Waals surface area contributed by atoms with Crippen LogP contribution >= 0.6 is 12.4 Å². The Labute approximate surface area is 113 Å². The first-order valence-corrected chi connectivity index (χ1v) is 7.23. The normalized spacial score (nSPS) is 21.6. The molecule has 18 heavy (non-hydrogen) atoms. The minimum Gasteiger partial charge on any atom is -0.329 e. The molecule has 1 aromatic heterocycles. The van der Waals surface area contributed by atoms with Crippen molar-refractivity contribution in [1.82, 2.24) is 14.5 Å². The number of piperidine rings is 1. The summed E-state index contributed by atoms with van der Waals surface area (Å²) < 4.78 is 26.4. The third kappa shape index (κ3) is 2.69. The van der Waals surface area contributed by atoms with Gasteiger partial charge in [-0.2, -0.15) is 9.40 Å². The minimum absolute atomic E-state index is 0. The lowest BCUT2D eigenvalue weighted by Crippen LogP contribution is -2.47. The lowest BCUT2D eigenvalue weighted by molar-refractivity contribution is 0.257. The summed E-state index contributed by atoms with van der Waals surface area (Å²) in [6, 6.07) is -0.0805. The second-order valence-electron chi connectivity index (χ2n) is 4.36. The molecule has 1 aliphatic heterocycles. The summed E-state index contributed by atoms with van der Waals surface area (Å²) in [5.41, 5.74) is 6.23. The van der Waals surface area contributed by atoms with Gasteiger partial charge in [-0.25, -0.2) is 8.42 Å². The maximum atomic E-state index is 12.4. The SMILES string of the molecule is Cc1[nH]ncc1S(=O)(=O)N1CCCCC1CN.Cl. The van der Waals surface area contributed by atoms with E-state index in [0.717, 1.165) is 19.3 Å². The number of sulfonamides is 1. The van der Waals surface area contributed by atoms with E-state index >= 15 is 0 Å². The van der Waals surface area contributed by atoms with Crippen molar-refractivity contribution >= 4 is 22.4 Å². The molecule has 104 valence electrons. The van der Waals surface area contributed by atoms with Crippen molar-refractivity contribution in [2.75, 3.05) is 13.1 Å². The van der Waals surface area contributed by atoms with Crippen molar-refractivity contribution in [3.63, 3.8) is 0 Å². The zero-order valence-corrected chi connectivity index (χ0v) is 11.9. The van der Waals surface area contributed by atoms with Gasteiger partial charge < -0.3 is 5.73 Å². The lowest BCUT2D eigenvalue weighted by Gasteiger charge is -2.33. The van der Waals surface area contributed by atoms with Gasteiger partial charge in [-0.05, 0) is 19.8 Å². The average molecular weight is 295 g/mol. The van der Waals surface area contributed by atoms with E-state index in [2.05, 4.69) is 10.2 Å². The molecule has 8 heteroatoms. The molecule has 1 atom stereocenters. The number of H-pyrrole nitrogens is 1. The van der Waals surface area contributed by atoms with Crippen molar-refractivity contribution in [2.24, 2.45) is 5.73 Å². The van der Waals surface area contributed by atoms with Crippen LogP contribution in [0.4, 0.5) is 0 Å². The Morgan fingerprint density at radius 1 is 1.56 bits per heavy atom. The maximum absolute atomic E-state index is 12.4. The number of rotatable bonds is 3.